The zero-order valence-corrected chi connectivity index (χ0v) is 12.6. The molecule has 0 aliphatic rings. The molecular weight excluding hydrogens is 314 g/mol. The summed E-state index contributed by atoms with van der Waals surface area (Å²) in [5.74, 6) is -0.351. The van der Waals surface area contributed by atoms with Gasteiger partial charge in [0.05, 0.1) is 9.92 Å². The van der Waals surface area contributed by atoms with Crippen LogP contribution in [0.2, 0.25) is 5.02 Å². The third-order valence-corrected chi connectivity index (χ3v) is 4.06. The highest BCUT2D eigenvalue weighted by Crippen LogP contribution is 2.18. The maximum atomic E-state index is 12.0. The van der Waals surface area contributed by atoms with Crippen LogP contribution in [-0.4, -0.2) is 25.6 Å². The average molecular weight is 326 g/mol. The molecule has 0 bridgehead atoms. The lowest BCUT2D eigenvalue weighted by Gasteiger charge is -2.07. The van der Waals surface area contributed by atoms with Crippen molar-refractivity contribution in [3.05, 3.63) is 47.1 Å². The largest absolute Gasteiger partial charge is 0.384 e. The van der Waals surface area contributed by atoms with Gasteiger partial charge in [0.1, 0.15) is 11.5 Å². The minimum atomic E-state index is -3.28. The zero-order valence-electron chi connectivity index (χ0n) is 11.0. The van der Waals surface area contributed by atoms with Crippen LogP contribution in [0.25, 0.3) is 0 Å². The Balaban J connectivity index is 2.22. The number of amides is 1. The number of nitrogens with zero attached hydrogens (tertiary/aromatic N) is 1. The Hall–Kier alpha value is -2.12. The molecule has 1 heterocycles. The van der Waals surface area contributed by atoms with E-state index in [1.54, 1.807) is 0 Å². The monoisotopic (exact) mass is 325 g/mol. The van der Waals surface area contributed by atoms with Gasteiger partial charge in [-0.1, -0.05) is 11.6 Å². The average Bonchev–Trinajstić information content (AvgIpc) is 2.41. The van der Waals surface area contributed by atoms with E-state index in [2.05, 4.69) is 10.3 Å². The maximum Gasteiger partial charge on any atom is 0.275 e. The fraction of sp³-hybridized carbons (Fsp3) is 0.0769. The fourth-order valence-electron chi connectivity index (χ4n) is 1.59. The fourth-order valence-corrected chi connectivity index (χ4v) is 2.41. The summed E-state index contributed by atoms with van der Waals surface area (Å²) in [6.07, 6.45) is 1.11. The zero-order chi connectivity index (χ0) is 15.6. The third-order valence-electron chi connectivity index (χ3n) is 2.62. The number of benzene rings is 1. The van der Waals surface area contributed by atoms with Crippen molar-refractivity contribution in [2.75, 3.05) is 17.3 Å². The Morgan fingerprint density at radius 2 is 1.81 bits per heavy atom. The van der Waals surface area contributed by atoms with Crippen LogP contribution >= 0.6 is 11.6 Å². The van der Waals surface area contributed by atoms with Crippen LogP contribution in [0.5, 0.6) is 0 Å². The minimum absolute atomic E-state index is 0.00357. The molecule has 6 nitrogen and oxygen atoms in total. The minimum Gasteiger partial charge on any atom is -0.384 e. The number of rotatable bonds is 3. The Bertz CT molecular complexity index is 789. The summed E-state index contributed by atoms with van der Waals surface area (Å²) in [4.78, 5) is 16.1. The van der Waals surface area contributed by atoms with Gasteiger partial charge in [0, 0.05) is 11.9 Å². The normalized spacial score (nSPS) is 11.1. The van der Waals surface area contributed by atoms with Crippen LogP contribution in [0.1, 0.15) is 10.5 Å². The molecular formula is C13H12ClN3O3S. The highest BCUT2D eigenvalue weighted by atomic mass is 35.5. The van der Waals surface area contributed by atoms with Crippen molar-refractivity contribution in [2.45, 2.75) is 4.90 Å². The molecule has 2 aromatic rings. The van der Waals surface area contributed by atoms with E-state index < -0.39 is 15.7 Å². The number of anilines is 2. The van der Waals surface area contributed by atoms with Crippen LogP contribution in [0.4, 0.5) is 11.5 Å². The molecule has 0 spiro atoms. The summed E-state index contributed by atoms with van der Waals surface area (Å²) >= 11 is 5.88. The molecule has 0 radical (unpaired) electrons. The second-order valence-corrected chi connectivity index (χ2v) is 6.74. The number of nitrogen functional groups attached to an aromatic ring is 1. The topological polar surface area (TPSA) is 102 Å². The molecule has 0 atom stereocenters. The van der Waals surface area contributed by atoms with Crippen LogP contribution < -0.4 is 11.1 Å². The molecule has 110 valence electrons. The number of nitrogens with one attached hydrogen (secondary N) is 1. The number of aromatic nitrogens is 1. The second-order valence-electron chi connectivity index (χ2n) is 4.32. The van der Waals surface area contributed by atoms with Gasteiger partial charge in [0.25, 0.3) is 5.91 Å². The first-order chi connectivity index (χ1) is 9.77. The summed E-state index contributed by atoms with van der Waals surface area (Å²) in [7, 11) is -3.28. The van der Waals surface area contributed by atoms with Crippen LogP contribution in [0.3, 0.4) is 0 Å². The quantitative estimate of drug-likeness (QED) is 0.898. The number of halogens is 1. The molecule has 0 saturated carbocycles. The van der Waals surface area contributed by atoms with Crippen molar-refractivity contribution in [2.24, 2.45) is 0 Å². The molecule has 1 aromatic heterocycles. The number of carbonyl (C=O) groups is 1. The number of carbonyl (C=O) groups excluding carboxylic acids is 1. The first kappa shape index (κ1) is 15.3. The van der Waals surface area contributed by atoms with Crippen molar-refractivity contribution >= 4 is 38.9 Å². The van der Waals surface area contributed by atoms with Crippen LogP contribution in [0.15, 0.2) is 41.3 Å². The maximum absolute atomic E-state index is 12.0. The lowest BCUT2D eigenvalue weighted by Crippen LogP contribution is -2.15. The molecule has 8 heteroatoms. The summed E-state index contributed by atoms with van der Waals surface area (Å²) in [6, 6.07) is 8.73. The van der Waals surface area contributed by atoms with E-state index in [1.165, 1.54) is 36.4 Å². The van der Waals surface area contributed by atoms with Gasteiger partial charge >= 0.3 is 0 Å². The number of pyridine rings is 1. The summed E-state index contributed by atoms with van der Waals surface area (Å²) in [5.41, 5.74) is 5.94. The molecule has 0 saturated heterocycles. The summed E-state index contributed by atoms with van der Waals surface area (Å²) in [6.45, 7) is 0. The highest BCUT2D eigenvalue weighted by Gasteiger charge is 2.13. The number of hydrogen-bond acceptors (Lipinski definition) is 5. The lowest BCUT2D eigenvalue weighted by molar-refractivity contribution is 0.102. The van der Waals surface area contributed by atoms with Crippen LogP contribution in [0, 0.1) is 0 Å². The van der Waals surface area contributed by atoms with E-state index in [1.807, 2.05) is 0 Å². The van der Waals surface area contributed by atoms with Gasteiger partial charge in [0.2, 0.25) is 0 Å². The van der Waals surface area contributed by atoms with Gasteiger partial charge in [-0.3, -0.25) is 4.79 Å². The summed E-state index contributed by atoms with van der Waals surface area (Å²) < 4.78 is 22.7. The molecule has 1 amide bonds. The van der Waals surface area contributed by atoms with Crippen LogP contribution in [-0.2, 0) is 9.84 Å². The molecule has 0 unspecified atom stereocenters. The summed E-state index contributed by atoms with van der Waals surface area (Å²) in [5, 5.41) is 2.74. The van der Waals surface area contributed by atoms with E-state index in [4.69, 9.17) is 17.3 Å². The van der Waals surface area contributed by atoms with E-state index >= 15 is 0 Å². The number of hydrogen-bond donors (Lipinski definition) is 2. The van der Waals surface area contributed by atoms with Gasteiger partial charge < -0.3 is 11.1 Å². The lowest BCUT2D eigenvalue weighted by atomic mass is 10.3. The smallest absolute Gasteiger partial charge is 0.275 e. The van der Waals surface area contributed by atoms with E-state index in [0.29, 0.717) is 5.69 Å². The van der Waals surface area contributed by atoms with Crippen molar-refractivity contribution in [1.82, 2.24) is 4.98 Å². The van der Waals surface area contributed by atoms with E-state index in [9.17, 15) is 13.2 Å². The molecule has 2 rings (SSSR count). The standard InChI is InChI=1S/C13H12ClN3O3S/c1-21(19,20)9-4-2-8(3-5-9)16-13(18)12-10(14)6-7-11(15)17-12/h2-7H,1H3,(H2,15,17)(H,16,18). The molecule has 21 heavy (non-hydrogen) atoms. The highest BCUT2D eigenvalue weighted by molar-refractivity contribution is 7.90. The van der Waals surface area contributed by atoms with Gasteiger partial charge in [-0.15, -0.1) is 0 Å². The molecule has 1 aromatic carbocycles. The SMILES string of the molecule is CS(=O)(=O)c1ccc(NC(=O)c2nc(N)ccc2Cl)cc1. The molecule has 0 fully saturated rings. The Labute approximate surface area is 126 Å². The van der Waals surface area contributed by atoms with Crippen molar-refractivity contribution in [1.29, 1.82) is 0 Å². The number of nitrogens with two attached hydrogens (primary N) is 1. The first-order valence-electron chi connectivity index (χ1n) is 5.81. The van der Waals surface area contributed by atoms with E-state index in [0.717, 1.165) is 6.26 Å². The first-order valence-corrected chi connectivity index (χ1v) is 8.08. The Morgan fingerprint density at radius 3 is 2.38 bits per heavy atom. The van der Waals surface area contributed by atoms with E-state index in [-0.39, 0.29) is 21.4 Å². The Kier molecular flexibility index (Phi) is 4.15. The third kappa shape index (κ3) is 3.71. The van der Waals surface area contributed by atoms with Gasteiger partial charge in [-0.25, -0.2) is 13.4 Å². The van der Waals surface area contributed by atoms with Gasteiger partial charge in [0.15, 0.2) is 9.84 Å². The molecule has 3 N–H and O–H groups in total. The van der Waals surface area contributed by atoms with Crippen molar-refractivity contribution < 1.29 is 13.2 Å². The Morgan fingerprint density at radius 1 is 1.19 bits per heavy atom. The number of sulfone groups is 1. The van der Waals surface area contributed by atoms with Crippen molar-refractivity contribution in [3.8, 4) is 0 Å². The van der Waals surface area contributed by atoms with Crippen molar-refractivity contribution in [3.63, 3.8) is 0 Å². The predicted molar refractivity (Wildman–Crippen MR) is 81.2 cm³/mol. The van der Waals surface area contributed by atoms with Gasteiger partial charge in [-0.2, -0.15) is 0 Å². The molecule has 0 aliphatic carbocycles. The molecule has 0 aliphatic heterocycles. The second kappa shape index (κ2) is 5.71. The predicted octanol–water partition coefficient (Wildman–Crippen LogP) is 1.97. The van der Waals surface area contributed by atoms with Gasteiger partial charge in [-0.05, 0) is 36.4 Å².